The fourth-order valence-electron chi connectivity index (χ4n) is 2.43. The third-order valence-corrected chi connectivity index (χ3v) is 3.92. The number of esters is 1. The molecule has 132 valence electrons. The van der Waals surface area contributed by atoms with E-state index in [0.717, 1.165) is 11.3 Å². The van der Waals surface area contributed by atoms with Crippen LogP contribution in [0.2, 0.25) is 5.02 Å². The normalized spacial score (nSPS) is 15.3. The number of methoxy groups -OCH3 is 2. The Bertz CT molecular complexity index is 931. The van der Waals surface area contributed by atoms with Gasteiger partial charge in [0.05, 0.1) is 19.8 Å². The van der Waals surface area contributed by atoms with Gasteiger partial charge in [0, 0.05) is 10.6 Å². The van der Waals surface area contributed by atoms with E-state index in [0.29, 0.717) is 16.3 Å². The van der Waals surface area contributed by atoms with Crippen molar-refractivity contribution in [2.45, 2.75) is 0 Å². The zero-order chi connectivity index (χ0) is 18.5. The molecule has 0 amide bonds. The molecule has 0 N–H and O–H groups in total. The van der Waals surface area contributed by atoms with Gasteiger partial charge in [0.25, 0.3) is 0 Å². The van der Waals surface area contributed by atoms with Crippen molar-refractivity contribution in [3.05, 3.63) is 76.5 Å². The molecule has 2 aromatic carbocycles. The molecule has 0 fully saturated rings. The van der Waals surface area contributed by atoms with Crippen molar-refractivity contribution < 1.29 is 19.0 Å². The highest BCUT2D eigenvalue weighted by molar-refractivity contribution is 6.31. The average molecular weight is 370 g/mol. The monoisotopic (exact) mass is 369 g/mol. The number of hydrogen-bond acceptors (Lipinski definition) is 5. The van der Waals surface area contributed by atoms with Crippen LogP contribution in [0, 0.1) is 0 Å². The molecule has 2 aromatic rings. The molecule has 1 aliphatic heterocycles. The zero-order valence-electron chi connectivity index (χ0n) is 14.2. The van der Waals surface area contributed by atoms with Gasteiger partial charge in [0.1, 0.15) is 11.5 Å². The van der Waals surface area contributed by atoms with Crippen LogP contribution in [0.3, 0.4) is 0 Å². The van der Waals surface area contributed by atoms with E-state index < -0.39 is 5.97 Å². The van der Waals surface area contributed by atoms with Gasteiger partial charge in [-0.25, -0.2) is 9.79 Å². The summed E-state index contributed by atoms with van der Waals surface area (Å²) in [6.45, 7) is 0. The molecule has 3 rings (SSSR count). The molecule has 0 unspecified atom stereocenters. The molecular weight excluding hydrogens is 354 g/mol. The second kappa shape index (κ2) is 7.89. The molecule has 0 aromatic heterocycles. The van der Waals surface area contributed by atoms with E-state index in [1.807, 2.05) is 30.3 Å². The van der Waals surface area contributed by atoms with Crippen molar-refractivity contribution in [2.24, 2.45) is 4.99 Å². The summed E-state index contributed by atoms with van der Waals surface area (Å²) in [6, 6.07) is 12.6. The number of hydrogen-bond donors (Lipinski definition) is 0. The number of aliphatic imine (C=N–C) groups is 1. The quantitative estimate of drug-likeness (QED) is 0.583. The first-order valence-electron chi connectivity index (χ1n) is 7.78. The predicted octanol–water partition coefficient (Wildman–Crippen LogP) is 4.26. The minimum absolute atomic E-state index is 0.159. The maximum absolute atomic E-state index is 12.1. The van der Waals surface area contributed by atoms with E-state index in [4.69, 9.17) is 25.8 Å². The predicted molar refractivity (Wildman–Crippen MR) is 101 cm³/mol. The molecule has 0 atom stereocenters. The molecule has 0 saturated carbocycles. The first-order chi connectivity index (χ1) is 12.6. The molecule has 26 heavy (non-hydrogen) atoms. The number of cyclic esters (lactones) is 1. The number of ether oxygens (including phenoxy) is 3. The lowest BCUT2D eigenvalue weighted by Crippen LogP contribution is -2.07. The van der Waals surface area contributed by atoms with Gasteiger partial charge in [-0.3, -0.25) is 0 Å². The van der Waals surface area contributed by atoms with E-state index in [1.165, 1.54) is 7.11 Å². The Morgan fingerprint density at radius 1 is 1.08 bits per heavy atom. The van der Waals surface area contributed by atoms with E-state index >= 15 is 0 Å². The lowest BCUT2D eigenvalue weighted by Gasteiger charge is -2.07. The summed E-state index contributed by atoms with van der Waals surface area (Å²) in [4.78, 5) is 16.3. The van der Waals surface area contributed by atoms with Gasteiger partial charge < -0.3 is 14.2 Å². The fourth-order valence-corrected chi connectivity index (χ4v) is 2.60. The van der Waals surface area contributed by atoms with Gasteiger partial charge in [0.2, 0.25) is 5.90 Å². The van der Waals surface area contributed by atoms with E-state index in [1.54, 1.807) is 37.5 Å². The van der Waals surface area contributed by atoms with Gasteiger partial charge in [0.15, 0.2) is 5.70 Å². The second-order valence-electron chi connectivity index (χ2n) is 5.30. The highest BCUT2D eigenvalue weighted by atomic mass is 35.5. The van der Waals surface area contributed by atoms with Gasteiger partial charge in [-0.2, -0.15) is 0 Å². The topological polar surface area (TPSA) is 57.1 Å². The van der Waals surface area contributed by atoms with Gasteiger partial charge in [-0.15, -0.1) is 0 Å². The number of carbonyl (C=O) groups excluding carboxylic acids is 1. The molecule has 0 radical (unpaired) electrons. The summed E-state index contributed by atoms with van der Waals surface area (Å²) < 4.78 is 15.8. The Labute approximate surface area is 156 Å². The van der Waals surface area contributed by atoms with Crippen molar-refractivity contribution in [1.29, 1.82) is 0 Å². The minimum atomic E-state index is -0.535. The van der Waals surface area contributed by atoms with Crippen LogP contribution >= 0.6 is 11.6 Å². The Kier molecular flexibility index (Phi) is 5.39. The van der Waals surface area contributed by atoms with Crippen LogP contribution in [0.15, 0.2) is 65.3 Å². The Morgan fingerprint density at radius 3 is 2.62 bits per heavy atom. The smallest absolute Gasteiger partial charge is 0.363 e. The highest BCUT2D eigenvalue weighted by Crippen LogP contribution is 2.27. The molecule has 5 nitrogen and oxygen atoms in total. The van der Waals surface area contributed by atoms with Crippen LogP contribution in [0.25, 0.3) is 6.08 Å². The van der Waals surface area contributed by atoms with E-state index in [9.17, 15) is 4.79 Å². The number of para-hydroxylation sites is 1. The summed E-state index contributed by atoms with van der Waals surface area (Å²) in [5.74, 6) is 0.883. The maximum atomic E-state index is 12.1. The van der Waals surface area contributed by atoms with Gasteiger partial charge >= 0.3 is 5.97 Å². The van der Waals surface area contributed by atoms with E-state index in [2.05, 4.69) is 4.99 Å². The molecule has 6 heteroatoms. The number of halogens is 1. The third-order valence-electron chi connectivity index (χ3n) is 3.68. The number of allylic oxidation sites excluding steroid dienone is 2. The largest absolute Gasteiger partial charge is 0.496 e. The number of carbonyl (C=O) groups is 1. The summed E-state index contributed by atoms with van der Waals surface area (Å²) in [5.41, 5.74) is 1.59. The second-order valence-corrected chi connectivity index (χ2v) is 5.74. The molecule has 1 aliphatic rings. The van der Waals surface area contributed by atoms with E-state index in [-0.39, 0.29) is 11.6 Å². The minimum Gasteiger partial charge on any atom is -0.496 e. The molecule has 0 bridgehead atoms. The first-order valence-corrected chi connectivity index (χ1v) is 8.16. The standard InChI is InChI=1S/C20H16ClNO4/c1-24-17-9-4-3-6-13(17)7-5-8-16-20(23)26-19(22-16)15-12-14(21)10-11-18(15)25-2/h3-12H,1-2H3. The first kappa shape index (κ1) is 17.8. The van der Waals surface area contributed by atoms with Crippen molar-refractivity contribution in [3.63, 3.8) is 0 Å². The Morgan fingerprint density at radius 2 is 1.85 bits per heavy atom. The van der Waals surface area contributed by atoms with Crippen LogP contribution in [-0.2, 0) is 9.53 Å². The van der Waals surface area contributed by atoms with Crippen molar-refractivity contribution in [1.82, 2.24) is 0 Å². The SMILES string of the molecule is COc1ccccc1C=CC=C1N=C(c2cc(Cl)ccc2OC)OC1=O. The lowest BCUT2D eigenvalue weighted by atomic mass is 10.2. The fraction of sp³-hybridized carbons (Fsp3) is 0.100. The maximum Gasteiger partial charge on any atom is 0.363 e. The summed E-state index contributed by atoms with van der Waals surface area (Å²) >= 11 is 6.02. The van der Waals surface area contributed by atoms with Crippen molar-refractivity contribution >= 4 is 29.5 Å². The molecular formula is C20H16ClNO4. The van der Waals surface area contributed by atoms with Crippen LogP contribution < -0.4 is 9.47 Å². The van der Waals surface area contributed by atoms with Crippen molar-refractivity contribution in [2.75, 3.05) is 14.2 Å². The van der Waals surface area contributed by atoms with Crippen LogP contribution in [0.4, 0.5) is 0 Å². The molecule has 0 spiro atoms. The number of nitrogens with zero attached hydrogens (tertiary/aromatic N) is 1. The number of rotatable bonds is 5. The number of benzene rings is 2. The Balaban J connectivity index is 1.87. The van der Waals surface area contributed by atoms with Crippen LogP contribution in [-0.4, -0.2) is 26.1 Å². The molecule has 1 heterocycles. The molecule has 0 aliphatic carbocycles. The summed E-state index contributed by atoms with van der Waals surface area (Å²) in [7, 11) is 3.13. The third kappa shape index (κ3) is 3.78. The summed E-state index contributed by atoms with van der Waals surface area (Å²) in [5, 5.41) is 0.494. The highest BCUT2D eigenvalue weighted by Gasteiger charge is 2.26. The average Bonchev–Trinajstić information content (AvgIpc) is 3.03. The Hall–Kier alpha value is -3.05. The van der Waals surface area contributed by atoms with Crippen LogP contribution in [0.1, 0.15) is 11.1 Å². The van der Waals surface area contributed by atoms with Gasteiger partial charge in [-0.05, 0) is 30.3 Å². The van der Waals surface area contributed by atoms with Crippen molar-refractivity contribution in [3.8, 4) is 11.5 Å². The summed E-state index contributed by atoms with van der Waals surface area (Å²) in [6.07, 6.45) is 5.13. The molecule has 0 saturated heterocycles. The van der Waals surface area contributed by atoms with Crippen LogP contribution in [0.5, 0.6) is 11.5 Å². The van der Waals surface area contributed by atoms with Gasteiger partial charge in [-0.1, -0.05) is 42.0 Å². The zero-order valence-corrected chi connectivity index (χ0v) is 15.0. The lowest BCUT2D eigenvalue weighted by molar-refractivity contribution is -0.130.